The summed E-state index contributed by atoms with van der Waals surface area (Å²) in [5.41, 5.74) is 2.57. The van der Waals surface area contributed by atoms with Gasteiger partial charge in [0.2, 0.25) is 5.91 Å². The van der Waals surface area contributed by atoms with Crippen molar-refractivity contribution in [3.8, 4) is 0 Å². The topological polar surface area (TPSA) is 38.1 Å². The Kier molecular flexibility index (Phi) is 4.66. The van der Waals surface area contributed by atoms with Crippen LogP contribution in [0.5, 0.6) is 0 Å². The Morgan fingerprint density at radius 1 is 1.52 bits per heavy atom. The molecule has 0 spiro atoms. The van der Waals surface area contributed by atoms with Crippen LogP contribution in [0.2, 0.25) is 0 Å². The fourth-order valence-electron chi connectivity index (χ4n) is 3.14. The third-order valence-electron chi connectivity index (χ3n) is 4.50. The standard InChI is InChI=1S/C17H19ClFN3O/c1-12-3-2-4-16(19)15(12)10-22(17(23)7-18)14-6-5-13-8-20-11-21(13)9-14/h2-4,8,11,14H,5-7,9-10H2,1H3. The van der Waals surface area contributed by atoms with E-state index in [0.717, 1.165) is 18.4 Å². The maximum Gasteiger partial charge on any atom is 0.238 e. The molecule has 1 aromatic carbocycles. The number of benzene rings is 1. The molecule has 0 aliphatic carbocycles. The van der Waals surface area contributed by atoms with Crippen molar-refractivity contribution in [2.45, 2.75) is 38.9 Å². The molecule has 0 fully saturated rings. The third kappa shape index (κ3) is 3.24. The van der Waals surface area contributed by atoms with Gasteiger partial charge in [-0.05, 0) is 31.4 Å². The smallest absolute Gasteiger partial charge is 0.238 e. The number of carbonyl (C=O) groups excluding carboxylic acids is 1. The van der Waals surface area contributed by atoms with Crippen molar-refractivity contribution in [2.75, 3.05) is 5.88 Å². The van der Waals surface area contributed by atoms with Crippen LogP contribution >= 0.6 is 11.6 Å². The Labute approximate surface area is 139 Å². The number of halogens is 2. The highest BCUT2D eigenvalue weighted by Crippen LogP contribution is 2.23. The number of rotatable bonds is 4. The van der Waals surface area contributed by atoms with Gasteiger partial charge in [-0.15, -0.1) is 11.6 Å². The minimum Gasteiger partial charge on any atom is -0.333 e. The van der Waals surface area contributed by atoms with Crippen LogP contribution in [0.15, 0.2) is 30.7 Å². The number of nitrogens with zero attached hydrogens (tertiary/aromatic N) is 3. The zero-order chi connectivity index (χ0) is 16.4. The Balaban J connectivity index is 1.86. The SMILES string of the molecule is Cc1cccc(F)c1CN(C(=O)CCl)C1CCc2cncn2C1. The average Bonchev–Trinajstić information content (AvgIpc) is 3.01. The molecular weight excluding hydrogens is 317 g/mol. The van der Waals surface area contributed by atoms with Crippen LogP contribution in [0.25, 0.3) is 0 Å². The molecule has 0 N–H and O–H groups in total. The summed E-state index contributed by atoms with van der Waals surface area (Å²) < 4.78 is 16.2. The second-order valence-electron chi connectivity index (χ2n) is 5.92. The molecule has 122 valence electrons. The van der Waals surface area contributed by atoms with Crippen LogP contribution in [-0.2, 0) is 24.3 Å². The Bertz CT molecular complexity index is 695. The van der Waals surface area contributed by atoms with Crippen LogP contribution < -0.4 is 0 Å². The highest BCUT2D eigenvalue weighted by molar-refractivity contribution is 6.27. The first-order valence-corrected chi connectivity index (χ1v) is 8.22. The molecule has 3 rings (SSSR count). The molecule has 1 aliphatic rings. The van der Waals surface area contributed by atoms with Gasteiger partial charge in [0.05, 0.1) is 12.4 Å². The maximum atomic E-state index is 14.1. The first-order valence-electron chi connectivity index (χ1n) is 7.68. The number of imidazole rings is 1. The predicted molar refractivity (Wildman–Crippen MR) is 86.7 cm³/mol. The lowest BCUT2D eigenvalue weighted by molar-refractivity contribution is -0.132. The maximum absolute atomic E-state index is 14.1. The van der Waals surface area contributed by atoms with Crippen molar-refractivity contribution in [3.05, 3.63) is 53.4 Å². The highest BCUT2D eigenvalue weighted by atomic mass is 35.5. The van der Waals surface area contributed by atoms with Crippen molar-refractivity contribution in [1.29, 1.82) is 0 Å². The molecule has 1 aromatic heterocycles. The van der Waals surface area contributed by atoms with Crippen molar-refractivity contribution >= 4 is 17.5 Å². The number of amides is 1. The van der Waals surface area contributed by atoms with Crippen LogP contribution in [0.1, 0.15) is 23.2 Å². The summed E-state index contributed by atoms with van der Waals surface area (Å²) >= 11 is 5.79. The molecule has 0 saturated heterocycles. The van der Waals surface area contributed by atoms with E-state index in [2.05, 4.69) is 9.55 Å². The van der Waals surface area contributed by atoms with Crippen LogP contribution in [-0.4, -0.2) is 32.3 Å². The molecule has 0 radical (unpaired) electrons. The highest BCUT2D eigenvalue weighted by Gasteiger charge is 2.28. The second kappa shape index (κ2) is 6.71. The summed E-state index contributed by atoms with van der Waals surface area (Å²) in [6.45, 7) is 2.78. The van der Waals surface area contributed by atoms with E-state index >= 15 is 0 Å². The third-order valence-corrected chi connectivity index (χ3v) is 4.73. The lowest BCUT2D eigenvalue weighted by atomic mass is 10.0. The van der Waals surface area contributed by atoms with Gasteiger partial charge in [-0.1, -0.05) is 12.1 Å². The van der Waals surface area contributed by atoms with E-state index in [9.17, 15) is 9.18 Å². The molecule has 4 nitrogen and oxygen atoms in total. The van der Waals surface area contributed by atoms with Crippen molar-refractivity contribution in [2.24, 2.45) is 0 Å². The molecular formula is C17H19ClFN3O. The van der Waals surface area contributed by atoms with E-state index in [1.54, 1.807) is 17.3 Å². The fourth-order valence-corrected chi connectivity index (χ4v) is 3.30. The van der Waals surface area contributed by atoms with Gasteiger partial charge < -0.3 is 9.47 Å². The lowest BCUT2D eigenvalue weighted by Crippen LogP contribution is -2.45. The number of alkyl halides is 1. The molecule has 1 amide bonds. The number of hydrogen-bond acceptors (Lipinski definition) is 2. The minimum absolute atomic E-state index is 0.00181. The molecule has 2 heterocycles. The molecule has 6 heteroatoms. The summed E-state index contributed by atoms with van der Waals surface area (Å²) in [6.07, 6.45) is 5.32. The van der Waals surface area contributed by atoms with Crippen molar-refractivity contribution < 1.29 is 9.18 Å². The van der Waals surface area contributed by atoms with Gasteiger partial charge in [0.15, 0.2) is 0 Å². The summed E-state index contributed by atoms with van der Waals surface area (Å²) in [5, 5.41) is 0. The van der Waals surface area contributed by atoms with Crippen LogP contribution in [0.4, 0.5) is 4.39 Å². The summed E-state index contributed by atoms with van der Waals surface area (Å²) in [5.74, 6) is -0.541. The molecule has 1 atom stereocenters. The molecule has 2 aromatic rings. The molecule has 23 heavy (non-hydrogen) atoms. The Morgan fingerprint density at radius 2 is 2.35 bits per heavy atom. The quantitative estimate of drug-likeness (QED) is 0.806. The molecule has 0 saturated carbocycles. The van der Waals surface area contributed by atoms with E-state index in [1.807, 2.05) is 19.2 Å². The minimum atomic E-state index is -0.281. The Hall–Kier alpha value is -1.88. The summed E-state index contributed by atoms with van der Waals surface area (Å²) in [4.78, 5) is 18.2. The van der Waals surface area contributed by atoms with E-state index in [0.29, 0.717) is 12.1 Å². The number of aromatic nitrogens is 2. The van der Waals surface area contributed by atoms with E-state index in [-0.39, 0.29) is 30.2 Å². The fraction of sp³-hybridized carbons (Fsp3) is 0.412. The number of hydrogen-bond donors (Lipinski definition) is 0. The lowest BCUT2D eigenvalue weighted by Gasteiger charge is -2.35. The summed E-state index contributed by atoms with van der Waals surface area (Å²) in [7, 11) is 0. The average molecular weight is 336 g/mol. The van der Waals surface area contributed by atoms with Crippen molar-refractivity contribution in [1.82, 2.24) is 14.5 Å². The predicted octanol–water partition coefficient (Wildman–Crippen LogP) is 2.91. The normalized spacial score (nSPS) is 16.9. The molecule has 1 unspecified atom stereocenters. The second-order valence-corrected chi connectivity index (χ2v) is 6.19. The molecule has 1 aliphatic heterocycles. The largest absolute Gasteiger partial charge is 0.333 e. The molecule has 0 bridgehead atoms. The van der Waals surface area contributed by atoms with Gasteiger partial charge in [0.25, 0.3) is 0 Å². The van der Waals surface area contributed by atoms with Crippen molar-refractivity contribution in [3.63, 3.8) is 0 Å². The van der Waals surface area contributed by atoms with Crippen LogP contribution in [0, 0.1) is 12.7 Å². The zero-order valence-electron chi connectivity index (χ0n) is 13.0. The Morgan fingerprint density at radius 3 is 3.09 bits per heavy atom. The number of aryl methyl sites for hydroxylation is 2. The van der Waals surface area contributed by atoms with Gasteiger partial charge in [-0.3, -0.25) is 4.79 Å². The van der Waals surface area contributed by atoms with E-state index in [4.69, 9.17) is 11.6 Å². The monoisotopic (exact) mass is 335 g/mol. The van der Waals surface area contributed by atoms with E-state index < -0.39 is 0 Å². The first-order chi connectivity index (χ1) is 11.1. The zero-order valence-corrected chi connectivity index (χ0v) is 13.8. The first kappa shape index (κ1) is 16.0. The van der Waals surface area contributed by atoms with Gasteiger partial charge in [0, 0.05) is 30.5 Å². The van der Waals surface area contributed by atoms with Gasteiger partial charge in [-0.2, -0.15) is 0 Å². The van der Waals surface area contributed by atoms with Crippen LogP contribution in [0.3, 0.4) is 0 Å². The summed E-state index contributed by atoms with van der Waals surface area (Å²) in [6, 6.07) is 4.97. The number of carbonyl (C=O) groups is 1. The number of fused-ring (bicyclic) bond motifs is 1. The van der Waals surface area contributed by atoms with E-state index in [1.165, 1.54) is 11.8 Å². The van der Waals surface area contributed by atoms with Gasteiger partial charge in [-0.25, -0.2) is 9.37 Å². The van der Waals surface area contributed by atoms with Gasteiger partial charge in [0.1, 0.15) is 11.7 Å². The van der Waals surface area contributed by atoms with Gasteiger partial charge >= 0.3 is 0 Å².